The van der Waals surface area contributed by atoms with E-state index in [9.17, 15) is 0 Å². The fourth-order valence-corrected chi connectivity index (χ4v) is 2.41. The molecule has 0 aliphatic heterocycles. The normalized spacial score (nSPS) is 20.3. The second-order valence-electron chi connectivity index (χ2n) is 3.49. The van der Waals surface area contributed by atoms with Gasteiger partial charge in [-0.15, -0.1) is 0 Å². The summed E-state index contributed by atoms with van der Waals surface area (Å²) in [6, 6.07) is 7.19. The average molecular weight is 240 g/mol. The Balaban J connectivity index is 2.29. The number of hydrogen-bond acceptors (Lipinski definition) is 1. The van der Waals surface area contributed by atoms with E-state index in [0.717, 1.165) is 6.54 Å². The summed E-state index contributed by atoms with van der Waals surface area (Å²) in [5, 5.41) is 3.51. The third kappa shape index (κ3) is 1.79. The van der Waals surface area contributed by atoms with E-state index in [1.165, 1.54) is 28.4 Å². The highest BCUT2D eigenvalue weighted by Gasteiger charge is 2.20. The molecular weight excluding hydrogens is 226 g/mol. The number of halogens is 1. The van der Waals surface area contributed by atoms with Gasteiger partial charge in [0.25, 0.3) is 0 Å². The quantitative estimate of drug-likeness (QED) is 0.837. The van der Waals surface area contributed by atoms with Gasteiger partial charge in [0.15, 0.2) is 0 Å². The minimum atomic E-state index is 0.581. The van der Waals surface area contributed by atoms with E-state index in [1.807, 2.05) is 0 Å². The second-order valence-corrected chi connectivity index (χ2v) is 4.41. The smallest absolute Gasteiger partial charge is 0.0326 e. The molecule has 13 heavy (non-hydrogen) atoms. The van der Waals surface area contributed by atoms with Gasteiger partial charge in [0.2, 0.25) is 0 Å². The fraction of sp³-hybridized carbons (Fsp3) is 0.455. The summed E-state index contributed by atoms with van der Waals surface area (Å²) in [5.74, 6) is 0. The monoisotopic (exact) mass is 239 g/mol. The zero-order chi connectivity index (χ0) is 9.26. The molecule has 1 nitrogen and oxygen atoms in total. The third-order valence-corrected chi connectivity index (χ3v) is 3.13. The van der Waals surface area contributed by atoms with E-state index in [0.29, 0.717) is 6.04 Å². The van der Waals surface area contributed by atoms with Crippen molar-refractivity contribution in [2.24, 2.45) is 0 Å². The number of rotatable bonds is 2. The highest BCUT2D eigenvalue weighted by Crippen LogP contribution is 2.32. The van der Waals surface area contributed by atoms with E-state index >= 15 is 0 Å². The molecule has 0 heterocycles. The second kappa shape index (κ2) is 3.81. The number of nitrogens with one attached hydrogen (secondary N) is 1. The first-order valence-electron chi connectivity index (χ1n) is 4.83. The molecule has 1 atom stereocenters. The Morgan fingerprint density at radius 3 is 3.15 bits per heavy atom. The highest BCUT2D eigenvalue weighted by molar-refractivity contribution is 9.10. The van der Waals surface area contributed by atoms with Gasteiger partial charge >= 0.3 is 0 Å². The van der Waals surface area contributed by atoms with Crippen molar-refractivity contribution in [3.8, 4) is 0 Å². The van der Waals surface area contributed by atoms with Crippen molar-refractivity contribution < 1.29 is 0 Å². The van der Waals surface area contributed by atoms with Crippen LogP contribution < -0.4 is 5.32 Å². The maximum Gasteiger partial charge on any atom is 0.0326 e. The van der Waals surface area contributed by atoms with Gasteiger partial charge in [-0.2, -0.15) is 0 Å². The van der Waals surface area contributed by atoms with Gasteiger partial charge in [-0.05, 0) is 42.6 Å². The maximum absolute atomic E-state index is 3.52. The molecule has 0 aromatic heterocycles. The van der Waals surface area contributed by atoms with E-state index < -0.39 is 0 Å². The largest absolute Gasteiger partial charge is 0.310 e. The van der Waals surface area contributed by atoms with Crippen LogP contribution >= 0.6 is 15.9 Å². The summed E-state index contributed by atoms with van der Waals surface area (Å²) in [6.07, 6.45) is 2.47. The topological polar surface area (TPSA) is 12.0 Å². The molecule has 0 amide bonds. The first-order valence-corrected chi connectivity index (χ1v) is 5.62. The van der Waals surface area contributed by atoms with Crippen LogP contribution in [0.1, 0.15) is 30.5 Å². The lowest BCUT2D eigenvalue weighted by atomic mass is 10.1. The molecule has 70 valence electrons. The predicted molar refractivity (Wildman–Crippen MR) is 58.9 cm³/mol. The van der Waals surface area contributed by atoms with Gasteiger partial charge in [-0.1, -0.05) is 28.9 Å². The predicted octanol–water partition coefficient (Wildman–Crippen LogP) is 3.05. The molecule has 1 aromatic carbocycles. The SMILES string of the molecule is CCNC1CCc2ccc(Br)cc21. The molecular formula is C11H14BrN. The Morgan fingerprint density at radius 1 is 1.54 bits per heavy atom. The summed E-state index contributed by atoms with van der Waals surface area (Å²) in [6.45, 7) is 3.21. The summed E-state index contributed by atoms with van der Waals surface area (Å²) >= 11 is 3.52. The Bertz CT molecular complexity index is 307. The molecule has 2 heteroatoms. The minimum absolute atomic E-state index is 0.581. The Hall–Kier alpha value is -0.340. The van der Waals surface area contributed by atoms with E-state index in [1.54, 1.807) is 0 Å². The van der Waals surface area contributed by atoms with Crippen LogP contribution in [-0.2, 0) is 6.42 Å². The molecule has 1 aliphatic carbocycles. The minimum Gasteiger partial charge on any atom is -0.310 e. The summed E-state index contributed by atoms with van der Waals surface area (Å²) in [5.41, 5.74) is 2.99. The van der Waals surface area contributed by atoms with E-state index in [2.05, 4.69) is 46.4 Å². The van der Waals surface area contributed by atoms with Gasteiger partial charge in [-0.25, -0.2) is 0 Å². The molecule has 0 fully saturated rings. The van der Waals surface area contributed by atoms with Crippen molar-refractivity contribution >= 4 is 15.9 Å². The molecule has 2 rings (SSSR count). The summed E-state index contributed by atoms with van der Waals surface area (Å²) in [4.78, 5) is 0. The number of benzene rings is 1. The molecule has 0 bridgehead atoms. The molecule has 0 spiro atoms. The zero-order valence-electron chi connectivity index (χ0n) is 7.81. The highest BCUT2D eigenvalue weighted by atomic mass is 79.9. The molecule has 1 unspecified atom stereocenters. The lowest BCUT2D eigenvalue weighted by Gasteiger charge is -2.12. The van der Waals surface area contributed by atoms with Gasteiger partial charge in [0.1, 0.15) is 0 Å². The van der Waals surface area contributed by atoms with Crippen LogP contribution in [0.15, 0.2) is 22.7 Å². The van der Waals surface area contributed by atoms with Gasteiger partial charge in [0, 0.05) is 10.5 Å². The number of aryl methyl sites for hydroxylation is 1. The van der Waals surface area contributed by atoms with Crippen molar-refractivity contribution in [1.82, 2.24) is 5.32 Å². The van der Waals surface area contributed by atoms with Crippen molar-refractivity contribution in [3.63, 3.8) is 0 Å². The zero-order valence-corrected chi connectivity index (χ0v) is 9.39. The summed E-state index contributed by atoms with van der Waals surface area (Å²) in [7, 11) is 0. The van der Waals surface area contributed by atoms with Crippen molar-refractivity contribution in [3.05, 3.63) is 33.8 Å². The molecule has 1 aliphatic rings. The summed E-state index contributed by atoms with van der Waals surface area (Å²) < 4.78 is 1.19. The number of fused-ring (bicyclic) bond motifs is 1. The van der Waals surface area contributed by atoms with Gasteiger partial charge in [0.05, 0.1) is 0 Å². The number of hydrogen-bond donors (Lipinski definition) is 1. The molecule has 1 N–H and O–H groups in total. The Morgan fingerprint density at radius 2 is 2.38 bits per heavy atom. The van der Waals surface area contributed by atoms with E-state index in [4.69, 9.17) is 0 Å². The Labute approximate surface area is 87.7 Å². The van der Waals surface area contributed by atoms with Crippen molar-refractivity contribution in [2.75, 3.05) is 6.54 Å². The van der Waals surface area contributed by atoms with Crippen LogP contribution in [0.3, 0.4) is 0 Å². The van der Waals surface area contributed by atoms with Crippen LogP contribution in [-0.4, -0.2) is 6.54 Å². The van der Waals surface area contributed by atoms with Crippen LogP contribution in [0.4, 0.5) is 0 Å². The first-order chi connectivity index (χ1) is 6.31. The molecule has 0 radical (unpaired) electrons. The third-order valence-electron chi connectivity index (χ3n) is 2.64. The van der Waals surface area contributed by atoms with E-state index in [-0.39, 0.29) is 0 Å². The van der Waals surface area contributed by atoms with Gasteiger partial charge < -0.3 is 5.32 Å². The van der Waals surface area contributed by atoms with Crippen LogP contribution in [0.25, 0.3) is 0 Å². The van der Waals surface area contributed by atoms with Crippen LogP contribution in [0.5, 0.6) is 0 Å². The maximum atomic E-state index is 3.52. The van der Waals surface area contributed by atoms with Gasteiger partial charge in [-0.3, -0.25) is 0 Å². The average Bonchev–Trinajstić information content (AvgIpc) is 2.49. The lowest BCUT2D eigenvalue weighted by molar-refractivity contribution is 0.549. The lowest BCUT2D eigenvalue weighted by Crippen LogP contribution is -2.18. The molecule has 0 saturated carbocycles. The Kier molecular flexibility index (Phi) is 2.70. The molecule has 1 aromatic rings. The molecule has 0 saturated heterocycles. The van der Waals surface area contributed by atoms with Crippen molar-refractivity contribution in [2.45, 2.75) is 25.8 Å². The first kappa shape index (κ1) is 9.22. The van der Waals surface area contributed by atoms with Crippen molar-refractivity contribution in [1.29, 1.82) is 0 Å². The van der Waals surface area contributed by atoms with Crippen LogP contribution in [0.2, 0.25) is 0 Å². The fourth-order valence-electron chi connectivity index (χ4n) is 2.03. The standard InChI is InChI=1S/C11H14BrN/c1-2-13-11-6-4-8-3-5-9(12)7-10(8)11/h3,5,7,11,13H,2,4,6H2,1H3. The van der Waals surface area contributed by atoms with Crippen LogP contribution in [0, 0.1) is 0 Å².